The summed E-state index contributed by atoms with van der Waals surface area (Å²) in [6.45, 7) is 3.59. The SMILES string of the molecule is COCCCOCCNc1c(F)ccc(C)c1F. The third-order valence-electron chi connectivity index (χ3n) is 2.47. The third-order valence-corrected chi connectivity index (χ3v) is 2.47. The molecule has 0 radical (unpaired) electrons. The van der Waals surface area contributed by atoms with E-state index in [0.29, 0.717) is 31.9 Å². The van der Waals surface area contributed by atoms with Crippen LogP contribution in [-0.4, -0.2) is 33.5 Å². The second-order valence-corrected chi connectivity index (χ2v) is 3.94. The highest BCUT2D eigenvalue weighted by Gasteiger charge is 2.10. The van der Waals surface area contributed by atoms with E-state index in [1.807, 2.05) is 0 Å². The average molecular weight is 259 g/mol. The Morgan fingerprint density at radius 1 is 1.17 bits per heavy atom. The predicted octanol–water partition coefficient (Wildman–Crippen LogP) is 2.74. The average Bonchev–Trinajstić information content (AvgIpc) is 2.36. The Bertz CT molecular complexity index is 372. The maximum atomic E-state index is 13.6. The van der Waals surface area contributed by atoms with Gasteiger partial charge < -0.3 is 14.8 Å². The number of aryl methyl sites for hydroxylation is 1. The normalized spacial score (nSPS) is 10.7. The Morgan fingerprint density at radius 2 is 1.94 bits per heavy atom. The second-order valence-electron chi connectivity index (χ2n) is 3.94. The molecule has 1 aromatic rings. The van der Waals surface area contributed by atoms with Crippen molar-refractivity contribution < 1.29 is 18.3 Å². The number of ether oxygens (including phenoxy) is 2. The van der Waals surface area contributed by atoms with Gasteiger partial charge in [-0.25, -0.2) is 8.78 Å². The summed E-state index contributed by atoms with van der Waals surface area (Å²) < 4.78 is 37.1. The molecule has 0 fully saturated rings. The molecule has 0 spiro atoms. The van der Waals surface area contributed by atoms with Gasteiger partial charge in [0, 0.05) is 26.9 Å². The summed E-state index contributed by atoms with van der Waals surface area (Å²) in [5.74, 6) is -1.13. The van der Waals surface area contributed by atoms with Crippen LogP contribution in [0.4, 0.5) is 14.5 Å². The van der Waals surface area contributed by atoms with Crippen molar-refractivity contribution in [2.75, 3.05) is 38.8 Å². The van der Waals surface area contributed by atoms with Gasteiger partial charge in [-0.15, -0.1) is 0 Å². The number of halogens is 2. The van der Waals surface area contributed by atoms with Crippen molar-refractivity contribution in [1.29, 1.82) is 0 Å². The Hall–Kier alpha value is -1.20. The van der Waals surface area contributed by atoms with Crippen molar-refractivity contribution in [1.82, 2.24) is 0 Å². The van der Waals surface area contributed by atoms with Gasteiger partial charge in [-0.05, 0) is 25.0 Å². The molecule has 0 amide bonds. The van der Waals surface area contributed by atoms with Gasteiger partial charge in [-0.3, -0.25) is 0 Å². The fourth-order valence-corrected chi connectivity index (χ4v) is 1.47. The van der Waals surface area contributed by atoms with Crippen molar-refractivity contribution in [3.63, 3.8) is 0 Å². The van der Waals surface area contributed by atoms with Gasteiger partial charge in [-0.1, -0.05) is 6.07 Å². The molecule has 1 N–H and O–H groups in total. The lowest BCUT2D eigenvalue weighted by atomic mass is 10.2. The van der Waals surface area contributed by atoms with Crippen LogP contribution >= 0.6 is 0 Å². The number of methoxy groups -OCH3 is 1. The quantitative estimate of drug-likeness (QED) is 0.728. The van der Waals surface area contributed by atoms with E-state index < -0.39 is 11.6 Å². The topological polar surface area (TPSA) is 30.5 Å². The molecule has 3 nitrogen and oxygen atoms in total. The van der Waals surface area contributed by atoms with Crippen LogP contribution in [0.5, 0.6) is 0 Å². The number of anilines is 1. The molecule has 0 saturated carbocycles. The van der Waals surface area contributed by atoms with Gasteiger partial charge >= 0.3 is 0 Å². The molecule has 0 heterocycles. The van der Waals surface area contributed by atoms with Gasteiger partial charge in [0.1, 0.15) is 11.5 Å². The highest BCUT2D eigenvalue weighted by atomic mass is 19.1. The van der Waals surface area contributed by atoms with E-state index >= 15 is 0 Å². The van der Waals surface area contributed by atoms with Crippen LogP contribution in [0.3, 0.4) is 0 Å². The van der Waals surface area contributed by atoms with Crippen LogP contribution in [0, 0.1) is 18.6 Å². The minimum atomic E-state index is -0.586. The lowest BCUT2D eigenvalue weighted by molar-refractivity contribution is 0.109. The first-order valence-electron chi connectivity index (χ1n) is 5.92. The summed E-state index contributed by atoms with van der Waals surface area (Å²) in [5, 5.41) is 2.71. The fraction of sp³-hybridized carbons (Fsp3) is 0.538. The minimum absolute atomic E-state index is 0.0875. The minimum Gasteiger partial charge on any atom is -0.385 e. The molecule has 1 aromatic carbocycles. The zero-order chi connectivity index (χ0) is 13.4. The van der Waals surface area contributed by atoms with Crippen molar-refractivity contribution in [3.05, 3.63) is 29.3 Å². The molecular formula is C13H19F2NO2. The predicted molar refractivity (Wildman–Crippen MR) is 66.9 cm³/mol. The van der Waals surface area contributed by atoms with Gasteiger partial charge in [0.25, 0.3) is 0 Å². The Balaban J connectivity index is 2.29. The first kappa shape index (κ1) is 14.9. The van der Waals surface area contributed by atoms with E-state index in [4.69, 9.17) is 9.47 Å². The summed E-state index contributed by atoms with van der Waals surface area (Å²) in [6.07, 6.45) is 0.809. The Kier molecular flexibility index (Phi) is 6.60. The molecule has 0 atom stereocenters. The molecule has 0 aliphatic carbocycles. The van der Waals surface area contributed by atoms with E-state index in [0.717, 1.165) is 6.42 Å². The number of benzene rings is 1. The van der Waals surface area contributed by atoms with E-state index in [1.165, 1.54) is 12.1 Å². The molecule has 5 heteroatoms. The lowest BCUT2D eigenvalue weighted by Crippen LogP contribution is -2.13. The maximum Gasteiger partial charge on any atom is 0.152 e. The third kappa shape index (κ3) is 4.58. The molecule has 0 aliphatic rings. The molecule has 0 bridgehead atoms. The van der Waals surface area contributed by atoms with E-state index in [2.05, 4.69) is 5.32 Å². The molecule has 0 saturated heterocycles. The van der Waals surface area contributed by atoms with Crippen LogP contribution in [0.2, 0.25) is 0 Å². The van der Waals surface area contributed by atoms with Crippen LogP contribution in [-0.2, 0) is 9.47 Å². The summed E-state index contributed by atoms with van der Waals surface area (Å²) in [4.78, 5) is 0. The number of hydrogen-bond acceptors (Lipinski definition) is 3. The molecule has 1 rings (SSSR count). The standard InChI is InChI=1S/C13H19F2NO2/c1-10-4-5-11(14)13(12(10)15)16-6-9-18-8-3-7-17-2/h4-5,16H,3,6-9H2,1-2H3. The molecule has 102 valence electrons. The molecular weight excluding hydrogens is 240 g/mol. The highest BCUT2D eigenvalue weighted by molar-refractivity contribution is 5.48. The summed E-state index contributed by atoms with van der Waals surface area (Å²) in [5.41, 5.74) is 0.329. The maximum absolute atomic E-state index is 13.6. The molecule has 0 aromatic heterocycles. The van der Waals surface area contributed by atoms with Crippen molar-refractivity contribution in [2.45, 2.75) is 13.3 Å². The van der Waals surface area contributed by atoms with Gasteiger partial charge in [0.2, 0.25) is 0 Å². The number of rotatable bonds is 8. The largest absolute Gasteiger partial charge is 0.385 e. The number of hydrogen-bond donors (Lipinski definition) is 1. The van der Waals surface area contributed by atoms with E-state index in [-0.39, 0.29) is 5.69 Å². The number of nitrogens with one attached hydrogen (secondary N) is 1. The van der Waals surface area contributed by atoms with Gasteiger partial charge in [0.15, 0.2) is 5.82 Å². The summed E-state index contributed by atoms with van der Waals surface area (Å²) in [7, 11) is 1.63. The fourth-order valence-electron chi connectivity index (χ4n) is 1.47. The van der Waals surface area contributed by atoms with E-state index in [9.17, 15) is 8.78 Å². The zero-order valence-corrected chi connectivity index (χ0v) is 10.8. The Morgan fingerprint density at radius 3 is 2.67 bits per heavy atom. The van der Waals surface area contributed by atoms with E-state index in [1.54, 1.807) is 14.0 Å². The molecule has 18 heavy (non-hydrogen) atoms. The second kappa shape index (κ2) is 8.00. The lowest BCUT2D eigenvalue weighted by Gasteiger charge is -2.10. The van der Waals surface area contributed by atoms with Gasteiger partial charge in [0.05, 0.1) is 6.61 Å². The van der Waals surface area contributed by atoms with Crippen LogP contribution in [0.25, 0.3) is 0 Å². The molecule has 0 aliphatic heterocycles. The highest BCUT2D eigenvalue weighted by Crippen LogP contribution is 2.21. The van der Waals surface area contributed by atoms with Crippen molar-refractivity contribution in [3.8, 4) is 0 Å². The summed E-state index contributed by atoms with van der Waals surface area (Å²) >= 11 is 0. The Labute approximate surface area is 106 Å². The molecule has 0 unspecified atom stereocenters. The van der Waals surface area contributed by atoms with Crippen LogP contribution in [0.15, 0.2) is 12.1 Å². The zero-order valence-electron chi connectivity index (χ0n) is 10.8. The van der Waals surface area contributed by atoms with Crippen LogP contribution in [0.1, 0.15) is 12.0 Å². The smallest absolute Gasteiger partial charge is 0.152 e. The van der Waals surface area contributed by atoms with Crippen LogP contribution < -0.4 is 5.32 Å². The summed E-state index contributed by atoms with van der Waals surface area (Å²) in [6, 6.07) is 2.66. The first-order chi connectivity index (χ1) is 8.66. The van der Waals surface area contributed by atoms with Crippen molar-refractivity contribution >= 4 is 5.69 Å². The monoisotopic (exact) mass is 259 g/mol. The van der Waals surface area contributed by atoms with Gasteiger partial charge in [-0.2, -0.15) is 0 Å². The van der Waals surface area contributed by atoms with Crippen molar-refractivity contribution in [2.24, 2.45) is 0 Å². The first-order valence-corrected chi connectivity index (χ1v) is 5.92.